The van der Waals surface area contributed by atoms with Gasteiger partial charge < -0.3 is 20.8 Å². The van der Waals surface area contributed by atoms with E-state index in [2.05, 4.69) is 32.5 Å². The molecule has 0 radical (unpaired) electrons. The molecule has 186 valence electrons. The van der Waals surface area contributed by atoms with Gasteiger partial charge in [0.2, 0.25) is 0 Å². The lowest BCUT2D eigenvalue weighted by Crippen LogP contribution is -2.16. The molecule has 1 aliphatic carbocycles. The predicted octanol–water partition coefficient (Wildman–Crippen LogP) is 5.50. The summed E-state index contributed by atoms with van der Waals surface area (Å²) in [5.74, 6) is 0.438. The highest BCUT2D eigenvalue weighted by atomic mass is 35.5. The highest BCUT2D eigenvalue weighted by molar-refractivity contribution is 6.31. The number of aryl methyl sites for hydroxylation is 1. The number of H-pyrrole nitrogens is 1. The zero-order chi connectivity index (χ0) is 25.4. The minimum absolute atomic E-state index is 0.0491. The quantitative estimate of drug-likeness (QED) is 0.318. The molecule has 4 N–H and O–H groups in total. The monoisotopic (exact) mass is 508 g/mol. The van der Waals surface area contributed by atoms with E-state index in [1.165, 1.54) is 22.9 Å². The Bertz CT molecular complexity index is 1420. The molecule has 0 bridgehead atoms. The van der Waals surface area contributed by atoms with Gasteiger partial charge in [0.05, 0.1) is 36.0 Å². The summed E-state index contributed by atoms with van der Waals surface area (Å²) < 4.78 is 20.8. The van der Waals surface area contributed by atoms with Crippen LogP contribution in [0.25, 0.3) is 11.3 Å². The Morgan fingerprint density at radius 1 is 1.25 bits per heavy atom. The fraction of sp³-hybridized carbons (Fsp3) is 0.269. The molecule has 2 aromatic carbocycles. The van der Waals surface area contributed by atoms with Crippen LogP contribution in [0.2, 0.25) is 5.02 Å². The molecule has 5 rings (SSSR count). The van der Waals surface area contributed by atoms with Gasteiger partial charge in [-0.3, -0.25) is 9.48 Å². The molecule has 1 fully saturated rings. The molecule has 0 unspecified atom stereocenters. The summed E-state index contributed by atoms with van der Waals surface area (Å²) in [6.07, 6.45) is 6.01. The maximum absolute atomic E-state index is 13.5. The van der Waals surface area contributed by atoms with Gasteiger partial charge in [0.25, 0.3) is 5.91 Å². The van der Waals surface area contributed by atoms with Crippen LogP contribution >= 0.6 is 11.6 Å². The van der Waals surface area contributed by atoms with Crippen molar-refractivity contribution in [2.45, 2.75) is 31.1 Å². The van der Waals surface area contributed by atoms with Gasteiger partial charge in [-0.15, -0.1) is 0 Å². The third-order valence-corrected chi connectivity index (χ3v) is 7.11. The number of nitrogens with zero attached hydrogens (tertiary/aromatic N) is 3. The molecule has 4 aromatic rings. The molecule has 10 heteroatoms. The summed E-state index contributed by atoms with van der Waals surface area (Å²) in [6.45, 7) is 0. The number of aromatic amines is 1. The minimum Gasteiger partial charge on any atom is -0.496 e. The summed E-state index contributed by atoms with van der Waals surface area (Å²) in [7, 11) is 3.39. The second kappa shape index (κ2) is 9.66. The lowest BCUT2D eigenvalue weighted by atomic mass is 9.92. The number of hydrogen-bond donors (Lipinski definition) is 3. The molecule has 0 saturated heterocycles. The Hall–Kier alpha value is -3.85. The largest absolute Gasteiger partial charge is 0.496 e. The predicted molar refractivity (Wildman–Crippen MR) is 137 cm³/mol. The number of carbonyl (C=O) groups excluding carboxylic acids is 1. The SMILES string of the molecule is COc1cc(-c2cnc[nH]2)ccc1[C@H]1CC[C@@H](c2nn(C)c(N)c2C(=O)Nc2ccc(F)c(Cl)c2)C1. The smallest absolute Gasteiger partial charge is 0.261 e. The molecule has 1 aliphatic rings. The second-order valence-electron chi connectivity index (χ2n) is 8.98. The van der Waals surface area contributed by atoms with E-state index in [4.69, 9.17) is 22.1 Å². The Balaban J connectivity index is 1.39. The summed E-state index contributed by atoms with van der Waals surface area (Å²) in [5, 5.41) is 7.31. The average Bonchev–Trinajstić information content (AvgIpc) is 3.62. The zero-order valence-corrected chi connectivity index (χ0v) is 20.6. The summed E-state index contributed by atoms with van der Waals surface area (Å²) >= 11 is 5.87. The molecule has 36 heavy (non-hydrogen) atoms. The molecule has 1 amide bonds. The highest BCUT2D eigenvalue weighted by Crippen LogP contribution is 2.47. The average molecular weight is 509 g/mol. The molecule has 8 nitrogen and oxygen atoms in total. The maximum Gasteiger partial charge on any atom is 0.261 e. The molecule has 1 saturated carbocycles. The van der Waals surface area contributed by atoms with Crippen LogP contribution in [0.4, 0.5) is 15.9 Å². The molecular weight excluding hydrogens is 483 g/mol. The third-order valence-electron chi connectivity index (χ3n) is 6.83. The topological polar surface area (TPSA) is 111 Å². The fourth-order valence-corrected chi connectivity index (χ4v) is 5.17. The maximum atomic E-state index is 13.5. The van der Waals surface area contributed by atoms with Crippen LogP contribution in [0.3, 0.4) is 0 Å². The molecule has 2 aromatic heterocycles. The Morgan fingerprint density at radius 2 is 2.06 bits per heavy atom. The molecule has 2 atom stereocenters. The van der Waals surface area contributed by atoms with Gasteiger partial charge in [-0.25, -0.2) is 9.37 Å². The van der Waals surface area contributed by atoms with E-state index in [-0.39, 0.29) is 22.7 Å². The zero-order valence-electron chi connectivity index (χ0n) is 19.9. The number of imidazole rings is 1. The van der Waals surface area contributed by atoms with Crippen molar-refractivity contribution in [3.05, 3.63) is 76.6 Å². The van der Waals surface area contributed by atoms with Crippen molar-refractivity contribution in [1.82, 2.24) is 19.7 Å². The second-order valence-corrected chi connectivity index (χ2v) is 9.39. The molecule has 0 spiro atoms. The first-order chi connectivity index (χ1) is 17.4. The van der Waals surface area contributed by atoms with E-state index in [0.717, 1.165) is 41.8 Å². The number of rotatable bonds is 6. The number of aromatic nitrogens is 4. The van der Waals surface area contributed by atoms with E-state index in [1.807, 2.05) is 6.07 Å². The van der Waals surface area contributed by atoms with Gasteiger partial charge in [-0.2, -0.15) is 5.10 Å². The summed E-state index contributed by atoms with van der Waals surface area (Å²) in [4.78, 5) is 20.4. The van der Waals surface area contributed by atoms with Crippen molar-refractivity contribution in [3.8, 4) is 17.0 Å². The number of methoxy groups -OCH3 is 1. The molecule has 2 heterocycles. The minimum atomic E-state index is -0.554. The summed E-state index contributed by atoms with van der Waals surface area (Å²) in [6, 6.07) is 10.2. The van der Waals surface area contributed by atoms with Gasteiger partial charge in [0.15, 0.2) is 0 Å². The number of anilines is 2. The van der Waals surface area contributed by atoms with Gasteiger partial charge in [0.1, 0.15) is 22.9 Å². The van der Waals surface area contributed by atoms with E-state index in [1.54, 1.807) is 26.7 Å². The van der Waals surface area contributed by atoms with Crippen LogP contribution in [0.5, 0.6) is 5.75 Å². The van der Waals surface area contributed by atoms with Crippen LogP contribution in [0, 0.1) is 5.82 Å². The van der Waals surface area contributed by atoms with Gasteiger partial charge in [-0.05, 0) is 55.0 Å². The Morgan fingerprint density at radius 3 is 2.78 bits per heavy atom. The first-order valence-electron chi connectivity index (χ1n) is 11.6. The number of nitrogens with two attached hydrogens (primary N) is 1. The number of hydrogen-bond acceptors (Lipinski definition) is 5. The Labute approximate surface area is 212 Å². The van der Waals surface area contributed by atoms with Crippen LogP contribution < -0.4 is 15.8 Å². The van der Waals surface area contributed by atoms with Gasteiger partial charge in [0, 0.05) is 24.2 Å². The number of nitrogen functional groups attached to an aromatic ring is 1. The van der Waals surface area contributed by atoms with Crippen LogP contribution in [-0.4, -0.2) is 32.8 Å². The van der Waals surface area contributed by atoms with Crippen molar-refractivity contribution in [2.24, 2.45) is 7.05 Å². The van der Waals surface area contributed by atoms with Crippen LogP contribution in [0.1, 0.15) is 52.7 Å². The van der Waals surface area contributed by atoms with Gasteiger partial charge in [-0.1, -0.05) is 23.7 Å². The number of amides is 1. The number of ether oxygens (including phenoxy) is 1. The molecule has 0 aliphatic heterocycles. The van der Waals surface area contributed by atoms with Crippen molar-refractivity contribution >= 4 is 29.0 Å². The van der Waals surface area contributed by atoms with E-state index < -0.39 is 11.7 Å². The summed E-state index contributed by atoms with van der Waals surface area (Å²) in [5.41, 5.74) is 10.7. The van der Waals surface area contributed by atoms with E-state index in [9.17, 15) is 9.18 Å². The van der Waals surface area contributed by atoms with Crippen molar-refractivity contribution in [3.63, 3.8) is 0 Å². The molecular formula is C26H26ClFN6O2. The van der Waals surface area contributed by atoms with Gasteiger partial charge >= 0.3 is 0 Å². The van der Waals surface area contributed by atoms with Crippen molar-refractivity contribution in [2.75, 3.05) is 18.2 Å². The fourth-order valence-electron chi connectivity index (χ4n) is 4.99. The van der Waals surface area contributed by atoms with Crippen LogP contribution in [0.15, 0.2) is 48.9 Å². The lowest BCUT2D eigenvalue weighted by Gasteiger charge is -2.16. The van der Waals surface area contributed by atoms with E-state index in [0.29, 0.717) is 16.9 Å². The number of benzene rings is 2. The first kappa shape index (κ1) is 23.9. The normalized spacial score (nSPS) is 17.3. The highest BCUT2D eigenvalue weighted by Gasteiger charge is 2.34. The van der Waals surface area contributed by atoms with E-state index >= 15 is 0 Å². The number of nitrogens with one attached hydrogen (secondary N) is 2. The number of carbonyl (C=O) groups is 1. The van der Waals surface area contributed by atoms with Crippen molar-refractivity contribution in [1.29, 1.82) is 0 Å². The first-order valence-corrected chi connectivity index (χ1v) is 12.0. The number of halogens is 2. The van der Waals surface area contributed by atoms with Crippen molar-refractivity contribution < 1.29 is 13.9 Å². The van der Waals surface area contributed by atoms with Crippen LogP contribution in [-0.2, 0) is 7.05 Å². The third kappa shape index (κ3) is 4.42. The standard InChI is InChI=1S/C26H26ClFN6O2/c1-34-25(29)23(26(35)32-17-6-8-20(28)19(27)11-17)24(33-34)16-4-3-14(9-16)18-7-5-15(10-22(18)36-2)21-12-30-13-31-21/h5-8,10-14,16H,3-4,9,29H2,1-2H3,(H,30,31)(H,32,35)/t14-,16+/m0/s1. The lowest BCUT2D eigenvalue weighted by molar-refractivity contribution is 0.102. The Kier molecular flexibility index (Phi) is 6.40.